The van der Waals surface area contributed by atoms with Gasteiger partial charge < -0.3 is 5.11 Å². The second kappa shape index (κ2) is 1.29. The van der Waals surface area contributed by atoms with Crippen LogP contribution in [0.4, 0.5) is 0 Å². The Kier molecular flexibility index (Phi) is 0.722. The molecule has 1 heteroatoms. The van der Waals surface area contributed by atoms with Crippen LogP contribution in [0.25, 0.3) is 0 Å². The Balaban J connectivity index is 1.94. The van der Waals surface area contributed by atoms with Crippen molar-refractivity contribution in [2.45, 2.75) is 31.8 Å². The topological polar surface area (TPSA) is 20.2 Å². The van der Waals surface area contributed by atoms with Gasteiger partial charge in [0.1, 0.15) is 0 Å². The third kappa shape index (κ3) is 0.493. The molecule has 1 N–H and O–H groups in total. The zero-order chi connectivity index (χ0) is 6.93. The third-order valence-corrected chi connectivity index (χ3v) is 3.95. The molecule has 0 aliphatic heterocycles. The molecule has 0 heterocycles. The predicted octanol–water partition coefficient (Wildman–Crippen LogP) is 1.41. The first-order valence-corrected chi connectivity index (χ1v) is 4.42. The summed E-state index contributed by atoms with van der Waals surface area (Å²) in [6.07, 6.45) is 4.07. The lowest BCUT2D eigenvalue weighted by atomic mass is 9.86. The van der Waals surface area contributed by atoms with Crippen LogP contribution in [0.1, 0.15) is 26.2 Å². The summed E-state index contributed by atoms with van der Waals surface area (Å²) >= 11 is 0. The highest BCUT2D eigenvalue weighted by Gasteiger charge is 2.65. The number of aliphatic hydroxyl groups is 1. The van der Waals surface area contributed by atoms with Crippen LogP contribution in [-0.4, -0.2) is 10.7 Å². The summed E-state index contributed by atoms with van der Waals surface area (Å²) < 4.78 is 0. The Morgan fingerprint density at radius 3 is 2.10 bits per heavy atom. The summed E-state index contributed by atoms with van der Waals surface area (Å²) in [5.74, 6) is 3.21. The van der Waals surface area contributed by atoms with Gasteiger partial charge in [-0.25, -0.2) is 0 Å². The van der Waals surface area contributed by atoms with E-state index in [9.17, 15) is 5.11 Å². The van der Waals surface area contributed by atoms with E-state index < -0.39 is 0 Å². The first-order chi connectivity index (χ1) is 4.69. The molecule has 0 aromatic rings. The zero-order valence-electron chi connectivity index (χ0n) is 6.38. The lowest BCUT2D eigenvalue weighted by molar-refractivity contribution is -0.00757. The summed E-state index contributed by atoms with van der Waals surface area (Å²) in [6.45, 7) is 2.06. The maximum absolute atomic E-state index is 9.99. The molecule has 3 saturated carbocycles. The van der Waals surface area contributed by atoms with Crippen LogP contribution in [-0.2, 0) is 0 Å². The lowest BCUT2D eigenvalue weighted by Gasteiger charge is -2.27. The Morgan fingerprint density at radius 1 is 1.10 bits per heavy atom. The molecule has 0 saturated heterocycles. The van der Waals surface area contributed by atoms with Crippen molar-refractivity contribution in [2.24, 2.45) is 23.7 Å². The van der Waals surface area contributed by atoms with Crippen molar-refractivity contribution in [3.8, 4) is 0 Å². The maximum atomic E-state index is 9.99. The van der Waals surface area contributed by atoms with Crippen molar-refractivity contribution in [3.05, 3.63) is 0 Å². The van der Waals surface area contributed by atoms with Crippen LogP contribution < -0.4 is 0 Å². The first-order valence-electron chi connectivity index (χ1n) is 4.42. The molecule has 3 fully saturated rings. The quantitative estimate of drug-likeness (QED) is 0.536. The zero-order valence-corrected chi connectivity index (χ0v) is 6.38. The molecular formula is C9H14O. The van der Waals surface area contributed by atoms with Gasteiger partial charge in [-0.05, 0) is 49.9 Å². The molecule has 5 atom stereocenters. The molecule has 0 aromatic heterocycles. The summed E-state index contributed by atoms with van der Waals surface area (Å²) in [5, 5.41) is 9.99. The highest BCUT2D eigenvalue weighted by Crippen LogP contribution is 2.67. The van der Waals surface area contributed by atoms with Gasteiger partial charge in [0.25, 0.3) is 0 Å². The van der Waals surface area contributed by atoms with Crippen molar-refractivity contribution in [1.29, 1.82) is 0 Å². The largest absolute Gasteiger partial charge is 0.390 e. The highest BCUT2D eigenvalue weighted by atomic mass is 16.3. The van der Waals surface area contributed by atoms with E-state index in [1.807, 2.05) is 0 Å². The van der Waals surface area contributed by atoms with Crippen molar-refractivity contribution in [3.63, 3.8) is 0 Å². The van der Waals surface area contributed by atoms with Crippen molar-refractivity contribution < 1.29 is 5.11 Å². The molecular weight excluding hydrogens is 124 g/mol. The fourth-order valence-electron chi connectivity index (χ4n) is 3.11. The average Bonchev–Trinajstić information content (AvgIpc) is 2.56. The number of fused-ring (bicyclic) bond motifs is 2. The third-order valence-electron chi connectivity index (χ3n) is 3.95. The highest BCUT2D eigenvalue weighted by molar-refractivity contribution is 5.14. The number of hydrogen-bond donors (Lipinski definition) is 1. The second-order valence-electron chi connectivity index (χ2n) is 4.67. The van der Waals surface area contributed by atoms with Crippen LogP contribution in [0, 0.1) is 23.7 Å². The molecule has 0 radical (unpaired) electrons. The SMILES string of the molecule is CC1(O)[C@@H]2C[C@@H]2C[C@@H]2C[C@@H]21. The molecule has 56 valence electrons. The maximum Gasteiger partial charge on any atom is 0.0681 e. The minimum absolute atomic E-state index is 0.256. The van der Waals surface area contributed by atoms with Gasteiger partial charge in [0, 0.05) is 0 Å². The molecule has 3 rings (SSSR count). The van der Waals surface area contributed by atoms with E-state index in [1.165, 1.54) is 19.3 Å². The van der Waals surface area contributed by atoms with E-state index in [0.717, 1.165) is 11.8 Å². The van der Waals surface area contributed by atoms with Gasteiger partial charge in [0.15, 0.2) is 0 Å². The van der Waals surface area contributed by atoms with Gasteiger partial charge in [-0.15, -0.1) is 0 Å². The summed E-state index contributed by atoms with van der Waals surface area (Å²) in [7, 11) is 0. The Morgan fingerprint density at radius 2 is 1.60 bits per heavy atom. The molecule has 0 bridgehead atoms. The first kappa shape index (κ1) is 5.59. The molecule has 3 aliphatic carbocycles. The summed E-state index contributed by atoms with van der Waals surface area (Å²) in [6, 6.07) is 0. The van der Waals surface area contributed by atoms with Crippen molar-refractivity contribution >= 4 is 0 Å². The molecule has 1 nitrogen and oxygen atoms in total. The van der Waals surface area contributed by atoms with Crippen LogP contribution in [0.3, 0.4) is 0 Å². The molecule has 10 heavy (non-hydrogen) atoms. The second-order valence-corrected chi connectivity index (χ2v) is 4.67. The van der Waals surface area contributed by atoms with Gasteiger partial charge >= 0.3 is 0 Å². The molecule has 1 unspecified atom stereocenters. The monoisotopic (exact) mass is 138 g/mol. The van der Waals surface area contributed by atoms with E-state index in [0.29, 0.717) is 11.8 Å². The Bertz CT molecular complexity index is 167. The standard InChI is InChI=1S/C9H14O/c1-9(10)7-3-5(7)2-6-4-8(6)9/h5-8,10H,2-4H2,1H3/t5-,6+,7+,8-,9?. The van der Waals surface area contributed by atoms with Crippen LogP contribution in [0.15, 0.2) is 0 Å². The molecule has 0 aromatic carbocycles. The van der Waals surface area contributed by atoms with E-state index in [-0.39, 0.29) is 5.60 Å². The van der Waals surface area contributed by atoms with Crippen LogP contribution in [0.5, 0.6) is 0 Å². The normalized spacial score (nSPS) is 70.2. The number of rotatable bonds is 0. The van der Waals surface area contributed by atoms with Gasteiger partial charge in [-0.2, -0.15) is 0 Å². The summed E-state index contributed by atoms with van der Waals surface area (Å²) in [5.41, 5.74) is -0.256. The van der Waals surface area contributed by atoms with E-state index in [2.05, 4.69) is 6.92 Å². The molecule has 3 aliphatic rings. The minimum Gasteiger partial charge on any atom is -0.390 e. The predicted molar refractivity (Wildman–Crippen MR) is 38.4 cm³/mol. The smallest absolute Gasteiger partial charge is 0.0681 e. The van der Waals surface area contributed by atoms with Gasteiger partial charge in [0.2, 0.25) is 0 Å². The summed E-state index contributed by atoms with van der Waals surface area (Å²) in [4.78, 5) is 0. The lowest BCUT2D eigenvalue weighted by Crippen LogP contribution is -2.33. The van der Waals surface area contributed by atoms with E-state index >= 15 is 0 Å². The number of hydrogen-bond acceptors (Lipinski definition) is 1. The molecule has 0 amide bonds. The van der Waals surface area contributed by atoms with Gasteiger partial charge in [-0.3, -0.25) is 0 Å². The van der Waals surface area contributed by atoms with Crippen LogP contribution >= 0.6 is 0 Å². The van der Waals surface area contributed by atoms with Crippen molar-refractivity contribution in [2.75, 3.05) is 0 Å². The van der Waals surface area contributed by atoms with E-state index in [1.54, 1.807) is 0 Å². The average molecular weight is 138 g/mol. The van der Waals surface area contributed by atoms with Crippen LogP contribution in [0.2, 0.25) is 0 Å². The Hall–Kier alpha value is -0.0400. The Labute approximate surface area is 61.4 Å². The van der Waals surface area contributed by atoms with E-state index in [4.69, 9.17) is 0 Å². The fourth-order valence-corrected chi connectivity index (χ4v) is 3.11. The van der Waals surface area contributed by atoms with Gasteiger partial charge in [-0.1, -0.05) is 0 Å². The minimum atomic E-state index is -0.256. The van der Waals surface area contributed by atoms with Gasteiger partial charge in [0.05, 0.1) is 5.60 Å². The van der Waals surface area contributed by atoms with Crippen molar-refractivity contribution in [1.82, 2.24) is 0 Å². The fraction of sp³-hybridized carbons (Fsp3) is 1.00. The molecule has 0 spiro atoms.